The van der Waals surface area contributed by atoms with E-state index in [1.807, 2.05) is 48.5 Å². The number of unbranched alkanes of at least 4 members (excludes halogenated alkanes) is 5. The molecule has 3 heterocycles. The minimum atomic E-state index is -1.68. The summed E-state index contributed by atoms with van der Waals surface area (Å²) in [4.78, 5) is 137. The van der Waals surface area contributed by atoms with Gasteiger partial charge in [-0.3, -0.25) is 38.4 Å². The summed E-state index contributed by atoms with van der Waals surface area (Å²) < 4.78 is 5.37. The van der Waals surface area contributed by atoms with Crippen LogP contribution in [0.3, 0.4) is 0 Å². The summed E-state index contributed by atoms with van der Waals surface area (Å²) in [7, 11) is 4.99. The fraction of sp³-hybridized carbons (Fsp3) is 0.477. The maximum Gasteiger partial charge on any atom is 0.407 e. The number of carbonyl (C=O) groups is 9. The predicted octanol–water partition coefficient (Wildman–Crippen LogP) is 6.08. The predicted molar refractivity (Wildman–Crippen MR) is 361 cm³/mol. The lowest BCUT2D eigenvalue weighted by Gasteiger charge is -2.29. The summed E-state index contributed by atoms with van der Waals surface area (Å²) in [5.74, 6) is -6.01. The number of ether oxygens (including phenoxy) is 1. The van der Waals surface area contributed by atoms with Gasteiger partial charge in [0.05, 0.1) is 6.10 Å². The first kappa shape index (κ1) is 73.6. The molecule has 3 aromatic carbocycles. The molecule has 498 valence electrons. The summed E-state index contributed by atoms with van der Waals surface area (Å²) in [5, 5.41) is 48.1. The normalized spacial score (nSPS) is 19.6. The van der Waals surface area contributed by atoms with Crippen LogP contribution in [-0.2, 0) is 62.4 Å². The van der Waals surface area contributed by atoms with Crippen molar-refractivity contribution in [2.24, 2.45) is 0 Å². The van der Waals surface area contributed by atoms with E-state index in [2.05, 4.69) is 64.7 Å². The molecule has 0 spiro atoms. The number of hydrogen-bond donors (Lipinski definition) is 12. The molecule has 6 rings (SSSR count). The van der Waals surface area contributed by atoms with Crippen molar-refractivity contribution in [2.45, 2.75) is 171 Å². The Hall–Kier alpha value is -7.46. The van der Waals surface area contributed by atoms with E-state index in [1.54, 1.807) is 69.6 Å². The standard InChI is InChI=1S/C65H87N11O12S4/c1-6-7-8-9-13-25-54(79)70-49(35-42-20-11-10-12-21-42)59(82)74-53-40-91-90-39-52(57(80)67-33-34-89-92-55-26-17-19-31-66-55)75-63(86)56(41(2)77)76-58(81)48(24-16-18-32-68-64(87)88-65(3,4)5)71-61(84)51(37-44-38-69-47-23-15-14-22-46(44)47)73-60(83)50(72-62(53)85)36-43-27-29-45(78)30-28-43/h10-12,14-15,17,19-23,26-31,38,41,48-53,56,69,77-78H,6-9,13,16,18,24-25,32-37,39-40H2,1-5H3,(H,67,80)(H,68,87)(H,70,79)(H,71,84)(H,72,85)(H,73,83)(H,74,82)(H,75,86)(H,76,81)/t41-,48+,49-,50+,51-,52+,53+,56+/m1/s1. The third-order valence-electron chi connectivity index (χ3n) is 14.6. The number of benzene rings is 3. The number of amides is 9. The molecule has 2 aromatic heterocycles. The Morgan fingerprint density at radius 1 is 0.707 bits per heavy atom. The van der Waals surface area contributed by atoms with E-state index >= 15 is 14.4 Å². The molecular formula is C65H87N11O12S4. The Balaban J connectivity index is 1.38. The van der Waals surface area contributed by atoms with E-state index in [-0.39, 0.29) is 74.8 Å². The molecule has 0 aliphatic carbocycles. The van der Waals surface area contributed by atoms with Crippen molar-refractivity contribution in [2.75, 3.05) is 30.3 Å². The van der Waals surface area contributed by atoms with E-state index in [0.717, 1.165) is 68.8 Å². The van der Waals surface area contributed by atoms with Crippen LogP contribution in [0.25, 0.3) is 10.9 Å². The van der Waals surface area contributed by atoms with Crippen molar-refractivity contribution in [3.8, 4) is 5.75 Å². The SMILES string of the molecule is CCCCCCCC(=O)N[C@H](Cc1ccccc1)C(=O)N[C@H]1CSSC[C@@H](C(=O)NCCSSc2ccccn2)NC(=O)[C@H]([C@@H](C)O)NC(=O)[C@H](CCCCNC(=O)OC(C)(C)C)NC(=O)[C@@H](Cc2c[nH]c3ccccc23)NC(=O)[C@H](Cc2ccc(O)cc2)NC1=O. The molecule has 1 saturated heterocycles. The van der Waals surface area contributed by atoms with Gasteiger partial charge in [-0.25, -0.2) is 9.78 Å². The molecule has 8 atom stereocenters. The molecule has 1 fully saturated rings. The van der Waals surface area contributed by atoms with Crippen molar-refractivity contribution < 1.29 is 58.1 Å². The lowest BCUT2D eigenvalue weighted by atomic mass is 10.0. The Labute approximate surface area is 553 Å². The molecule has 92 heavy (non-hydrogen) atoms. The van der Waals surface area contributed by atoms with Crippen LogP contribution >= 0.6 is 43.2 Å². The molecule has 27 heteroatoms. The summed E-state index contributed by atoms with van der Waals surface area (Å²) in [6, 6.07) is 17.8. The van der Waals surface area contributed by atoms with Crippen LogP contribution < -0.4 is 47.9 Å². The number of nitrogens with one attached hydrogen (secondary N) is 10. The lowest BCUT2D eigenvalue weighted by Crippen LogP contribution is -2.62. The number of pyridine rings is 1. The molecule has 12 N–H and O–H groups in total. The number of aliphatic hydroxyl groups is 1. The summed E-state index contributed by atoms with van der Waals surface area (Å²) >= 11 is 0. The molecular weight excluding hydrogens is 1260 g/mol. The van der Waals surface area contributed by atoms with Crippen molar-refractivity contribution >= 4 is 107 Å². The first-order chi connectivity index (χ1) is 44.2. The van der Waals surface area contributed by atoms with Gasteiger partial charge in [0.1, 0.15) is 58.7 Å². The zero-order valence-electron chi connectivity index (χ0n) is 52.6. The number of rotatable bonds is 27. The number of aliphatic hydroxyl groups excluding tert-OH is 1. The number of alkyl carbamates (subject to hydrolysis) is 1. The third kappa shape index (κ3) is 25.9. The number of aromatic hydroxyl groups is 1. The van der Waals surface area contributed by atoms with E-state index in [1.165, 1.54) is 40.6 Å². The first-order valence-corrected chi connectivity index (χ1v) is 35.8. The van der Waals surface area contributed by atoms with Crippen LogP contribution in [0.5, 0.6) is 5.75 Å². The second-order valence-electron chi connectivity index (χ2n) is 23.3. The van der Waals surface area contributed by atoms with Gasteiger partial charge in [-0.1, -0.05) is 132 Å². The van der Waals surface area contributed by atoms with E-state index in [4.69, 9.17) is 4.74 Å². The average Bonchev–Trinajstić information content (AvgIpc) is 1.67. The number of fused-ring (bicyclic) bond motifs is 1. The Morgan fingerprint density at radius 2 is 1.38 bits per heavy atom. The van der Waals surface area contributed by atoms with Gasteiger partial charge in [0.15, 0.2) is 0 Å². The van der Waals surface area contributed by atoms with Gasteiger partial charge < -0.3 is 67.8 Å². The van der Waals surface area contributed by atoms with Gasteiger partial charge >= 0.3 is 6.09 Å². The average molecular weight is 1340 g/mol. The number of aromatic nitrogens is 2. The Morgan fingerprint density at radius 3 is 2.10 bits per heavy atom. The second-order valence-corrected chi connectivity index (χ2v) is 28.3. The fourth-order valence-electron chi connectivity index (χ4n) is 9.71. The van der Waals surface area contributed by atoms with Crippen LogP contribution in [0, 0.1) is 0 Å². The maximum atomic E-state index is 15.2. The Kier molecular flexibility index (Phi) is 30.8. The highest BCUT2D eigenvalue weighted by atomic mass is 33.1. The fourth-order valence-corrected chi connectivity index (χ4v) is 13.8. The molecule has 1 aliphatic heterocycles. The quantitative estimate of drug-likeness (QED) is 0.0209. The number of H-pyrrole nitrogens is 1. The number of phenolic OH excluding ortho intramolecular Hbond substituents is 1. The minimum Gasteiger partial charge on any atom is -0.508 e. The van der Waals surface area contributed by atoms with Crippen LogP contribution in [0.15, 0.2) is 114 Å². The zero-order chi connectivity index (χ0) is 66.4. The zero-order valence-corrected chi connectivity index (χ0v) is 55.9. The molecule has 5 aromatic rings. The van der Waals surface area contributed by atoms with Gasteiger partial charge in [-0.2, -0.15) is 0 Å². The van der Waals surface area contributed by atoms with Crippen LogP contribution in [0.1, 0.15) is 109 Å². The van der Waals surface area contributed by atoms with E-state index in [0.29, 0.717) is 29.7 Å². The minimum absolute atomic E-state index is 0.0626. The molecule has 0 radical (unpaired) electrons. The molecule has 1 aliphatic rings. The van der Waals surface area contributed by atoms with Gasteiger partial charge in [0.2, 0.25) is 47.3 Å². The van der Waals surface area contributed by atoms with Crippen LogP contribution in [0.2, 0.25) is 0 Å². The van der Waals surface area contributed by atoms with Crippen molar-refractivity contribution in [1.29, 1.82) is 0 Å². The number of hydrogen-bond acceptors (Lipinski definition) is 17. The number of phenols is 1. The summed E-state index contributed by atoms with van der Waals surface area (Å²) in [5.41, 5.74) is 1.78. The lowest BCUT2D eigenvalue weighted by molar-refractivity contribution is -0.136. The third-order valence-corrected chi connectivity index (χ3v) is 19.2. The van der Waals surface area contributed by atoms with Gasteiger partial charge in [0.25, 0.3) is 0 Å². The monoisotopic (exact) mass is 1340 g/mol. The molecule has 0 unspecified atom stereocenters. The maximum absolute atomic E-state index is 15.2. The molecule has 23 nitrogen and oxygen atoms in total. The largest absolute Gasteiger partial charge is 0.508 e. The highest BCUT2D eigenvalue weighted by Gasteiger charge is 2.37. The number of carbonyl (C=O) groups excluding carboxylic acids is 9. The van der Waals surface area contributed by atoms with E-state index in [9.17, 15) is 39.0 Å². The van der Waals surface area contributed by atoms with Crippen molar-refractivity contribution in [3.63, 3.8) is 0 Å². The summed E-state index contributed by atoms with van der Waals surface area (Å²) in [6.45, 7) is 8.82. The smallest absolute Gasteiger partial charge is 0.407 e. The summed E-state index contributed by atoms with van der Waals surface area (Å²) in [6.07, 6.45) is 5.89. The highest BCUT2D eigenvalue weighted by Crippen LogP contribution is 2.29. The Bertz CT molecular complexity index is 3200. The van der Waals surface area contributed by atoms with Crippen molar-refractivity contribution in [1.82, 2.24) is 57.8 Å². The van der Waals surface area contributed by atoms with Gasteiger partial charge in [-0.05, 0) is 111 Å². The van der Waals surface area contributed by atoms with Crippen LogP contribution in [0.4, 0.5) is 4.79 Å². The molecule has 0 saturated carbocycles. The number of aromatic amines is 1. The highest BCUT2D eigenvalue weighted by molar-refractivity contribution is 8.77. The van der Waals surface area contributed by atoms with E-state index < -0.39 is 101 Å². The van der Waals surface area contributed by atoms with Gasteiger partial charge in [-0.15, -0.1) is 0 Å². The molecule has 9 amide bonds. The molecule has 0 bridgehead atoms. The van der Waals surface area contributed by atoms with Crippen molar-refractivity contribution in [3.05, 3.63) is 126 Å². The van der Waals surface area contributed by atoms with Gasteiger partial charge in [0, 0.05) is 79.3 Å². The number of nitrogens with zero attached hydrogens (tertiary/aromatic N) is 1. The second kappa shape index (κ2) is 38.5. The topological polar surface area (TPSA) is 340 Å². The van der Waals surface area contributed by atoms with Crippen LogP contribution in [-0.4, -0.2) is 158 Å². The first-order valence-electron chi connectivity index (χ1n) is 31.0. The number of para-hydroxylation sites is 1.